The van der Waals surface area contributed by atoms with Gasteiger partial charge in [0.25, 0.3) is 0 Å². The third-order valence-electron chi connectivity index (χ3n) is 1.68. The first-order valence-corrected chi connectivity index (χ1v) is 4.42. The van der Waals surface area contributed by atoms with Gasteiger partial charge in [0.15, 0.2) is 0 Å². The van der Waals surface area contributed by atoms with E-state index in [-0.39, 0.29) is 30.6 Å². The highest BCUT2D eigenvalue weighted by Gasteiger charge is 2.15. The summed E-state index contributed by atoms with van der Waals surface area (Å²) in [5, 5.41) is 8.70. The molecule has 0 fully saturated rings. The predicted molar refractivity (Wildman–Crippen MR) is 66.4 cm³/mol. The second-order valence-electron chi connectivity index (χ2n) is 2.89. The Hall–Kier alpha value is -0.590. The molecule has 0 aliphatic heterocycles. The highest BCUT2D eigenvalue weighted by atomic mass is 35.5. The lowest BCUT2D eigenvalue weighted by atomic mass is 10.1. The molecule has 0 amide bonds. The molecule has 0 radical (unpaired) electrons. The van der Waals surface area contributed by atoms with E-state index in [1.54, 1.807) is 0 Å². The summed E-state index contributed by atoms with van der Waals surface area (Å²) in [6.45, 7) is -0.407. The summed E-state index contributed by atoms with van der Waals surface area (Å²) in [7, 11) is 0. The van der Waals surface area contributed by atoms with E-state index in [0.29, 0.717) is 19.4 Å². The summed E-state index contributed by atoms with van der Waals surface area (Å²) in [6.07, 6.45) is 1.72. The smallest absolute Gasteiger partial charge is 0.328 e. The zero-order chi connectivity index (χ0) is 11.0. The summed E-state index contributed by atoms with van der Waals surface area (Å²) in [5.74, 6) is -1.36. The van der Waals surface area contributed by atoms with Crippen molar-refractivity contribution in [1.29, 1.82) is 0 Å². The minimum Gasteiger partial charge on any atom is -0.480 e. The zero-order valence-electron chi connectivity index (χ0n) is 8.76. The van der Waals surface area contributed by atoms with E-state index in [2.05, 4.69) is 4.99 Å². The Morgan fingerprint density at radius 3 is 2.31 bits per heavy atom. The lowest BCUT2D eigenvalue weighted by molar-refractivity contribution is -0.138. The second kappa shape index (κ2) is 12.5. The van der Waals surface area contributed by atoms with E-state index < -0.39 is 18.7 Å². The van der Waals surface area contributed by atoms with Gasteiger partial charge in [-0.3, -0.25) is 4.99 Å². The van der Waals surface area contributed by atoms with Crippen LogP contribution in [0.1, 0.15) is 19.3 Å². The molecule has 0 rings (SSSR count). The Kier molecular flexibility index (Phi) is 16.2. The van der Waals surface area contributed by atoms with E-state index in [1.165, 1.54) is 0 Å². The molecule has 0 aromatic carbocycles. The maximum atomic E-state index is 11.9. The second-order valence-corrected chi connectivity index (χ2v) is 2.89. The number of carboxylic acids is 1. The van der Waals surface area contributed by atoms with Gasteiger partial charge < -0.3 is 16.6 Å². The van der Waals surface area contributed by atoms with Crippen molar-refractivity contribution >= 4 is 36.6 Å². The zero-order valence-corrected chi connectivity index (χ0v) is 10.4. The highest BCUT2D eigenvalue weighted by Crippen LogP contribution is 2.04. The van der Waals surface area contributed by atoms with Gasteiger partial charge in [-0.1, -0.05) is 0 Å². The van der Waals surface area contributed by atoms with Gasteiger partial charge in [0.1, 0.15) is 18.6 Å². The lowest BCUT2D eigenvalue weighted by Gasteiger charge is -2.07. The molecule has 0 aliphatic rings. The Labute approximate surface area is 106 Å². The van der Waals surface area contributed by atoms with Gasteiger partial charge in [-0.05, 0) is 25.8 Å². The van der Waals surface area contributed by atoms with Crippen LogP contribution in [0.5, 0.6) is 0 Å². The maximum absolute atomic E-state index is 11.9. The summed E-state index contributed by atoms with van der Waals surface area (Å²) >= 11 is 0. The maximum Gasteiger partial charge on any atom is 0.328 e. The summed E-state index contributed by atoms with van der Waals surface area (Å²) < 4.78 is 11.9. The molecule has 5 N–H and O–H groups in total. The molecular formula is C8H18Cl2FN3O2. The van der Waals surface area contributed by atoms with Crippen molar-refractivity contribution in [3.05, 3.63) is 0 Å². The van der Waals surface area contributed by atoms with Gasteiger partial charge >= 0.3 is 5.97 Å². The largest absolute Gasteiger partial charge is 0.480 e. The van der Waals surface area contributed by atoms with Crippen molar-refractivity contribution in [2.75, 3.05) is 13.2 Å². The molecule has 16 heavy (non-hydrogen) atoms. The number of aliphatic carboxylic acids is 1. The molecule has 0 spiro atoms. The van der Waals surface area contributed by atoms with Crippen molar-refractivity contribution in [3.63, 3.8) is 0 Å². The average Bonchev–Trinajstić information content (AvgIpc) is 2.16. The number of hydrogen-bond donors (Lipinski definition) is 3. The van der Waals surface area contributed by atoms with E-state index in [0.717, 1.165) is 6.42 Å². The fourth-order valence-corrected chi connectivity index (χ4v) is 0.960. The number of rotatable bonds is 7. The molecule has 0 heterocycles. The van der Waals surface area contributed by atoms with Crippen LogP contribution in [-0.4, -0.2) is 36.2 Å². The van der Waals surface area contributed by atoms with Crippen LogP contribution in [0.4, 0.5) is 4.39 Å². The summed E-state index contributed by atoms with van der Waals surface area (Å²) in [6, 6.07) is -0.947. The van der Waals surface area contributed by atoms with Crippen LogP contribution in [0, 0.1) is 0 Å². The molecule has 8 heteroatoms. The first-order chi connectivity index (χ1) is 6.61. The number of carbonyl (C=O) groups is 1. The quantitative estimate of drug-likeness (QED) is 0.363. The van der Waals surface area contributed by atoms with Crippen molar-refractivity contribution in [1.82, 2.24) is 0 Å². The van der Waals surface area contributed by atoms with E-state index >= 15 is 0 Å². The van der Waals surface area contributed by atoms with Crippen LogP contribution in [0.2, 0.25) is 0 Å². The number of halogens is 3. The number of nitrogens with zero attached hydrogens (tertiary/aromatic N) is 1. The third kappa shape index (κ3) is 9.95. The number of unbranched alkanes of at least 4 members (excludes halogenated alkanes) is 1. The van der Waals surface area contributed by atoms with Crippen LogP contribution in [-0.2, 0) is 4.79 Å². The normalized spacial score (nSPS) is 12.2. The van der Waals surface area contributed by atoms with Gasteiger partial charge in [0.2, 0.25) is 0 Å². The molecule has 0 saturated heterocycles. The SMILES string of the molecule is Cl.Cl.NCCCC[C@H](N=C(N)CF)C(=O)O. The molecule has 0 aromatic rings. The van der Waals surface area contributed by atoms with Crippen molar-refractivity contribution in [2.45, 2.75) is 25.3 Å². The van der Waals surface area contributed by atoms with Gasteiger partial charge in [-0.15, -0.1) is 24.8 Å². The predicted octanol–water partition coefficient (Wildman–Crippen LogP) is 0.739. The number of amidine groups is 1. The van der Waals surface area contributed by atoms with Crippen molar-refractivity contribution < 1.29 is 14.3 Å². The monoisotopic (exact) mass is 277 g/mol. The van der Waals surface area contributed by atoms with E-state index in [1.807, 2.05) is 0 Å². The molecule has 5 nitrogen and oxygen atoms in total. The van der Waals surface area contributed by atoms with Gasteiger partial charge in [-0.25, -0.2) is 9.18 Å². The summed E-state index contributed by atoms with van der Waals surface area (Å²) in [4.78, 5) is 14.2. The molecule has 1 atom stereocenters. The van der Waals surface area contributed by atoms with Crippen LogP contribution < -0.4 is 11.5 Å². The first-order valence-electron chi connectivity index (χ1n) is 4.42. The Bertz CT molecular complexity index is 217. The fourth-order valence-electron chi connectivity index (χ4n) is 0.960. The van der Waals surface area contributed by atoms with Crippen LogP contribution in [0.3, 0.4) is 0 Å². The lowest BCUT2D eigenvalue weighted by Crippen LogP contribution is -2.24. The molecular weight excluding hydrogens is 260 g/mol. The average molecular weight is 278 g/mol. The van der Waals surface area contributed by atoms with Gasteiger partial charge in [-0.2, -0.15) is 0 Å². The minimum absolute atomic E-state index is 0. The van der Waals surface area contributed by atoms with Crippen molar-refractivity contribution in [3.8, 4) is 0 Å². The number of hydrogen-bond acceptors (Lipinski definition) is 3. The number of aliphatic imine (C=N–C) groups is 1. The Morgan fingerprint density at radius 1 is 1.38 bits per heavy atom. The van der Waals surface area contributed by atoms with Gasteiger partial charge in [0.05, 0.1) is 0 Å². The molecule has 0 unspecified atom stereocenters. The molecule has 0 aliphatic carbocycles. The topological polar surface area (TPSA) is 102 Å². The third-order valence-corrected chi connectivity index (χ3v) is 1.68. The highest BCUT2D eigenvalue weighted by molar-refractivity contribution is 5.86. The Balaban J connectivity index is -0.000000845. The molecule has 0 bridgehead atoms. The van der Waals surface area contributed by atoms with E-state index in [9.17, 15) is 9.18 Å². The molecule has 0 saturated carbocycles. The number of carboxylic acid groups (broad SMARTS) is 1. The first kappa shape index (κ1) is 20.8. The standard InChI is InChI=1S/C8H16FN3O2.2ClH/c9-5-7(11)12-6(8(13)14)3-1-2-4-10;;/h6H,1-5,10H2,(H2,11,12)(H,13,14);2*1H/t6-;;/m0../s1. The fraction of sp³-hybridized carbons (Fsp3) is 0.750. The van der Waals surface area contributed by atoms with Gasteiger partial charge in [0, 0.05) is 0 Å². The molecule has 0 aromatic heterocycles. The number of alkyl halides is 1. The van der Waals surface area contributed by atoms with Crippen LogP contribution in [0.25, 0.3) is 0 Å². The minimum atomic E-state index is -1.08. The molecule has 98 valence electrons. The van der Waals surface area contributed by atoms with E-state index in [4.69, 9.17) is 16.6 Å². The Morgan fingerprint density at radius 2 is 1.94 bits per heavy atom. The van der Waals surface area contributed by atoms with Crippen molar-refractivity contribution in [2.24, 2.45) is 16.5 Å². The van der Waals surface area contributed by atoms with Crippen LogP contribution in [0.15, 0.2) is 4.99 Å². The summed E-state index contributed by atoms with van der Waals surface area (Å²) in [5.41, 5.74) is 10.4. The van der Waals surface area contributed by atoms with Crippen LogP contribution >= 0.6 is 24.8 Å². The number of nitrogens with two attached hydrogens (primary N) is 2.